The van der Waals surface area contributed by atoms with Crippen LogP contribution >= 0.6 is 15.9 Å². The highest BCUT2D eigenvalue weighted by atomic mass is 79.9. The molecule has 0 unspecified atom stereocenters. The third kappa shape index (κ3) is 2.71. The third-order valence-electron chi connectivity index (χ3n) is 3.04. The summed E-state index contributed by atoms with van der Waals surface area (Å²) in [5.74, 6) is 1.26. The monoisotopic (exact) mass is 339 g/mol. The summed E-state index contributed by atoms with van der Waals surface area (Å²) in [4.78, 5) is 8.63. The van der Waals surface area contributed by atoms with Crippen LogP contribution < -0.4 is 4.74 Å². The molecule has 0 radical (unpaired) electrons. The van der Waals surface area contributed by atoms with Gasteiger partial charge in [0.25, 0.3) is 0 Å². The van der Waals surface area contributed by atoms with Gasteiger partial charge in [-0.15, -0.1) is 0 Å². The zero-order valence-corrected chi connectivity index (χ0v) is 12.8. The van der Waals surface area contributed by atoms with Crippen molar-refractivity contribution in [2.24, 2.45) is 0 Å². The second-order valence-corrected chi connectivity index (χ2v) is 5.44. The fraction of sp³-hybridized carbons (Fsp3) is 0.0625. The highest BCUT2D eigenvalue weighted by Crippen LogP contribution is 2.30. The predicted molar refractivity (Wildman–Crippen MR) is 83.2 cm³/mol. The lowest BCUT2D eigenvalue weighted by molar-refractivity contribution is 0.482. The number of nitriles is 1. The molecule has 0 atom stereocenters. The van der Waals surface area contributed by atoms with Crippen molar-refractivity contribution in [2.45, 2.75) is 6.92 Å². The Bertz CT molecular complexity index is 871. The molecule has 1 aromatic carbocycles. The zero-order valence-electron chi connectivity index (χ0n) is 11.2. The van der Waals surface area contributed by atoms with Crippen LogP contribution in [0.2, 0.25) is 0 Å². The summed E-state index contributed by atoms with van der Waals surface area (Å²) in [6, 6.07) is 11.1. The van der Waals surface area contributed by atoms with Gasteiger partial charge >= 0.3 is 0 Å². The minimum absolute atomic E-state index is 0.560. The maximum atomic E-state index is 8.99. The van der Waals surface area contributed by atoms with Gasteiger partial charge in [0.2, 0.25) is 0 Å². The van der Waals surface area contributed by atoms with E-state index in [1.54, 1.807) is 30.6 Å². The summed E-state index contributed by atoms with van der Waals surface area (Å²) < 4.78 is 6.80. The van der Waals surface area contributed by atoms with Crippen LogP contribution in [0.3, 0.4) is 0 Å². The zero-order chi connectivity index (χ0) is 14.8. The number of pyridine rings is 2. The third-order valence-corrected chi connectivity index (χ3v) is 3.48. The lowest BCUT2D eigenvalue weighted by Crippen LogP contribution is -1.92. The van der Waals surface area contributed by atoms with E-state index in [2.05, 4.69) is 32.0 Å². The van der Waals surface area contributed by atoms with E-state index in [9.17, 15) is 0 Å². The van der Waals surface area contributed by atoms with E-state index in [0.29, 0.717) is 22.6 Å². The standard InChI is InChI=1S/C16H10BrN3O/c1-10-2-3-11(8-18)6-15(10)21-14-4-5-19-13-7-12(17)9-20-16(13)14/h2-7,9H,1H3. The molecule has 0 aliphatic heterocycles. The van der Waals surface area contributed by atoms with Crippen LogP contribution in [0.4, 0.5) is 0 Å². The van der Waals surface area contributed by atoms with Gasteiger partial charge in [0.1, 0.15) is 11.3 Å². The number of fused-ring (bicyclic) bond motifs is 1. The van der Waals surface area contributed by atoms with Gasteiger partial charge < -0.3 is 4.74 Å². The van der Waals surface area contributed by atoms with Crippen molar-refractivity contribution in [3.05, 3.63) is 58.3 Å². The van der Waals surface area contributed by atoms with Crippen molar-refractivity contribution in [3.63, 3.8) is 0 Å². The van der Waals surface area contributed by atoms with E-state index in [1.807, 2.05) is 19.1 Å². The van der Waals surface area contributed by atoms with Gasteiger partial charge in [0.15, 0.2) is 5.75 Å². The van der Waals surface area contributed by atoms with Crippen molar-refractivity contribution < 1.29 is 4.74 Å². The molecule has 0 fully saturated rings. The van der Waals surface area contributed by atoms with Crippen LogP contribution in [0.25, 0.3) is 11.0 Å². The molecular weight excluding hydrogens is 330 g/mol. The Morgan fingerprint density at radius 3 is 2.81 bits per heavy atom. The number of rotatable bonds is 2. The molecule has 21 heavy (non-hydrogen) atoms. The van der Waals surface area contributed by atoms with E-state index in [-0.39, 0.29) is 0 Å². The predicted octanol–water partition coefficient (Wildman–Crippen LogP) is 4.36. The van der Waals surface area contributed by atoms with Gasteiger partial charge in [-0.2, -0.15) is 5.26 Å². The van der Waals surface area contributed by atoms with Gasteiger partial charge in [-0.1, -0.05) is 6.07 Å². The molecule has 0 amide bonds. The second-order valence-electron chi connectivity index (χ2n) is 4.52. The van der Waals surface area contributed by atoms with Gasteiger partial charge in [0.05, 0.1) is 17.1 Å². The van der Waals surface area contributed by atoms with Crippen molar-refractivity contribution in [2.75, 3.05) is 0 Å². The maximum absolute atomic E-state index is 8.99. The average Bonchev–Trinajstić information content (AvgIpc) is 2.49. The Morgan fingerprint density at radius 1 is 1.14 bits per heavy atom. The average molecular weight is 340 g/mol. The molecule has 0 spiro atoms. The smallest absolute Gasteiger partial charge is 0.156 e. The van der Waals surface area contributed by atoms with Crippen LogP contribution in [0, 0.1) is 18.3 Å². The van der Waals surface area contributed by atoms with Gasteiger partial charge in [0, 0.05) is 22.9 Å². The lowest BCUT2D eigenvalue weighted by atomic mass is 10.1. The lowest BCUT2D eigenvalue weighted by Gasteiger charge is -2.10. The van der Waals surface area contributed by atoms with Crippen LogP contribution in [-0.4, -0.2) is 9.97 Å². The molecular formula is C16H10BrN3O. The number of nitrogens with zero attached hydrogens (tertiary/aromatic N) is 3. The van der Waals surface area contributed by atoms with Crippen LogP contribution in [-0.2, 0) is 0 Å². The quantitative estimate of drug-likeness (QED) is 0.695. The van der Waals surface area contributed by atoms with E-state index in [4.69, 9.17) is 10.00 Å². The van der Waals surface area contributed by atoms with Gasteiger partial charge in [-0.05, 0) is 46.6 Å². The van der Waals surface area contributed by atoms with Crippen molar-refractivity contribution in [1.29, 1.82) is 5.26 Å². The maximum Gasteiger partial charge on any atom is 0.156 e. The van der Waals surface area contributed by atoms with Gasteiger partial charge in [-0.3, -0.25) is 4.98 Å². The molecule has 0 saturated carbocycles. The number of aromatic nitrogens is 2. The van der Waals surface area contributed by atoms with E-state index in [0.717, 1.165) is 15.6 Å². The highest BCUT2D eigenvalue weighted by molar-refractivity contribution is 9.10. The molecule has 0 aliphatic carbocycles. The van der Waals surface area contributed by atoms with Crippen molar-refractivity contribution in [3.8, 4) is 17.6 Å². The number of halogens is 1. The summed E-state index contributed by atoms with van der Waals surface area (Å²) in [6.45, 7) is 1.93. The Labute approximate surface area is 130 Å². The molecule has 102 valence electrons. The fourth-order valence-electron chi connectivity index (χ4n) is 1.96. The normalized spacial score (nSPS) is 10.3. The van der Waals surface area contributed by atoms with Crippen LogP contribution in [0.15, 0.2) is 47.2 Å². The molecule has 4 nitrogen and oxygen atoms in total. The molecule has 0 saturated heterocycles. The summed E-state index contributed by atoms with van der Waals surface area (Å²) in [6.07, 6.45) is 3.38. The fourth-order valence-corrected chi connectivity index (χ4v) is 2.28. The Hall–Kier alpha value is -2.45. The molecule has 0 N–H and O–H groups in total. The van der Waals surface area contributed by atoms with Crippen molar-refractivity contribution >= 4 is 27.0 Å². The van der Waals surface area contributed by atoms with Crippen molar-refractivity contribution in [1.82, 2.24) is 9.97 Å². The molecule has 2 aromatic heterocycles. The number of hydrogen-bond donors (Lipinski definition) is 0. The summed E-state index contributed by atoms with van der Waals surface area (Å²) in [5.41, 5.74) is 2.94. The topological polar surface area (TPSA) is 58.8 Å². The second kappa shape index (κ2) is 5.51. The minimum atomic E-state index is 0.560. The van der Waals surface area contributed by atoms with E-state index < -0.39 is 0 Å². The molecule has 2 heterocycles. The molecule has 0 bridgehead atoms. The van der Waals surface area contributed by atoms with Crippen LogP contribution in [0.1, 0.15) is 11.1 Å². The minimum Gasteiger partial charge on any atom is -0.455 e. The summed E-state index contributed by atoms with van der Waals surface area (Å²) >= 11 is 3.37. The largest absolute Gasteiger partial charge is 0.455 e. The molecule has 3 rings (SSSR count). The Morgan fingerprint density at radius 2 is 2.00 bits per heavy atom. The summed E-state index contributed by atoms with van der Waals surface area (Å²) in [7, 11) is 0. The number of ether oxygens (including phenoxy) is 1. The Kier molecular flexibility index (Phi) is 3.55. The number of hydrogen-bond acceptors (Lipinski definition) is 4. The SMILES string of the molecule is Cc1ccc(C#N)cc1Oc1ccnc2cc(Br)cnc12. The highest BCUT2D eigenvalue weighted by Gasteiger charge is 2.09. The first kappa shape index (κ1) is 13.5. The first-order valence-corrected chi connectivity index (χ1v) is 7.05. The molecule has 0 aliphatic rings. The number of benzene rings is 1. The van der Waals surface area contributed by atoms with Crippen LogP contribution in [0.5, 0.6) is 11.5 Å². The number of aryl methyl sites for hydroxylation is 1. The molecule has 5 heteroatoms. The molecule has 3 aromatic rings. The van der Waals surface area contributed by atoms with Gasteiger partial charge in [-0.25, -0.2) is 4.98 Å². The van der Waals surface area contributed by atoms with E-state index in [1.165, 1.54) is 0 Å². The Balaban J connectivity index is 2.08. The first-order chi connectivity index (χ1) is 10.2. The summed E-state index contributed by atoms with van der Waals surface area (Å²) in [5, 5.41) is 8.99. The first-order valence-electron chi connectivity index (χ1n) is 6.26. The van der Waals surface area contributed by atoms with E-state index >= 15 is 0 Å².